The Morgan fingerprint density at radius 1 is 1.08 bits per heavy atom. The summed E-state index contributed by atoms with van der Waals surface area (Å²) in [5.41, 5.74) is 2.15. The molecule has 0 unspecified atom stereocenters. The Labute approximate surface area is 162 Å². The molecule has 0 radical (unpaired) electrons. The molecule has 1 aliphatic rings. The number of hydrogen-bond donors (Lipinski definition) is 1. The Kier molecular flexibility index (Phi) is 6.17. The summed E-state index contributed by atoms with van der Waals surface area (Å²) in [6.45, 7) is 3.32. The highest BCUT2D eigenvalue weighted by Crippen LogP contribution is 2.25. The maximum Gasteiger partial charge on any atom is 0.242 e. The Morgan fingerprint density at radius 2 is 1.76 bits per heavy atom. The van der Waals surface area contributed by atoms with Crippen molar-refractivity contribution in [1.82, 2.24) is 9.62 Å². The maximum absolute atomic E-state index is 12.6. The van der Waals surface area contributed by atoms with Gasteiger partial charge in [0, 0.05) is 17.6 Å². The summed E-state index contributed by atoms with van der Waals surface area (Å²) in [7, 11) is -3.67. The predicted octanol–water partition coefficient (Wildman–Crippen LogP) is 4.18. The largest absolute Gasteiger partial charge is 0.299 e. The monoisotopic (exact) mass is 442 g/mol. The van der Waals surface area contributed by atoms with Crippen LogP contribution >= 0.6 is 27.5 Å². The van der Waals surface area contributed by atoms with Gasteiger partial charge in [-0.05, 0) is 55.3 Å². The third-order valence-corrected chi connectivity index (χ3v) is 6.72. The van der Waals surface area contributed by atoms with Gasteiger partial charge in [-0.3, -0.25) is 4.90 Å². The van der Waals surface area contributed by atoms with Gasteiger partial charge in [-0.25, -0.2) is 13.1 Å². The molecule has 3 rings (SSSR count). The second-order valence-electron chi connectivity index (χ2n) is 6.15. The predicted molar refractivity (Wildman–Crippen MR) is 104 cm³/mol. The molecule has 2 aromatic carbocycles. The minimum atomic E-state index is -3.67. The first kappa shape index (κ1) is 18.9. The van der Waals surface area contributed by atoms with Crippen LogP contribution in [-0.2, 0) is 23.1 Å². The molecule has 4 nitrogen and oxygen atoms in total. The summed E-state index contributed by atoms with van der Waals surface area (Å²) in [5, 5.41) is 0.201. The number of rotatable bonds is 6. The molecule has 1 heterocycles. The third-order valence-electron chi connectivity index (χ3n) is 4.35. The number of nitrogens with one attached hydrogen (secondary N) is 1. The summed E-state index contributed by atoms with van der Waals surface area (Å²) in [6.07, 6.45) is 2.47. The first-order chi connectivity index (χ1) is 12.0. The van der Waals surface area contributed by atoms with Crippen molar-refractivity contribution in [3.8, 4) is 0 Å². The van der Waals surface area contributed by atoms with Crippen molar-refractivity contribution in [2.24, 2.45) is 0 Å². The molecule has 0 aliphatic carbocycles. The van der Waals surface area contributed by atoms with E-state index in [-0.39, 0.29) is 16.5 Å². The van der Waals surface area contributed by atoms with Crippen molar-refractivity contribution in [3.05, 3.63) is 63.1 Å². The third kappa shape index (κ3) is 4.83. The molecule has 1 aliphatic heterocycles. The fraction of sp³-hybridized carbons (Fsp3) is 0.333. The van der Waals surface area contributed by atoms with Crippen molar-refractivity contribution in [2.75, 3.05) is 13.1 Å². The fourth-order valence-electron chi connectivity index (χ4n) is 3.01. The van der Waals surface area contributed by atoms with Gasteiger partial charge in [0.2, 0.25) is 10.0 Å². The van der Waals surface area contributed by atoms with Crippen molar-refractivity contribution in [1.29, 1.82) is 0 Å². The molecular weight excluding hydrogens is 424 g/mol. The number of likely N-dealkylation sites (tertiary alicyclic amines) is 1. The van der Waals surface area contributed by atoms with Crippen LogP contribution in [0.1, 0.15) is 24.0 Å². The van der Waals surface area contributed by atoms with Crippen LogP contribution in [0.15, 0.2) is 51.8 Å². The number of hydrogen-bond acceptors (Lipinski definition) is 3. The molecule has 7 heteroatoms. The van der Waals surface area contributed by atoms with E-state index < -0.39 is 10.0 Å². The summed E-state index contributed by atoms with van der Waals surface area (Å²) < 4.78 is 28.6. The van der Waals surface area contributed by atoms with E-state index >= 15 is 0 Å². The second kappa shape index (κ2) is 8.18. The van der Waals surface area contributed by atoms with E-state index in [0.29, 0.717) is 0 Å². The molecule has 134 valence electrons. The molecule has 0 saturated carbocycles. The lowest BCUT2D eigenvalue weighted by Gasteiger charge is -2.18. The van der Waals surface area contributed by atoms with Crippen LogP contribution in [-0.4, -0.2) is 26.4 Å². The SMILES string of the molecule is O=S(=O)(NCc1ccccc1CN1CCCC1)c1ccc(Br)cc1Cl. The van der Waals surface area contributed by atoms with Crippen LogP contribution in [0.25, 0.3) is 0 Å². The summed E-state index contributed by atoms with van der Waals surface area (Å²) in [5.74, 6) is 0. The van der Waals surface area contributed by atoms with Gasteiger partial charge in [0.25, 0.3) is 0 Å². The number of halogens is 2. The first-order valence-corrected chi connectivity index (χ1v) is 10.8. The second-order valence-corrected chi connectivity index (χ2v) is 9.21. The highest BCUT2D eigenvalue weighted by atomic mass is 79.9. The van der Waals surface area contributed by atoms with Gasteiger partial charge in [-0.2, -0.15) is 0 Å². The summed E-state index contributed by atoms with van der Waals surface area (Å²) >= 11 is 9.37. The first-order valence-electron chi connectivity index (χ1n) is 8.19. The molecule has 0 amide bonds. The van der Waals surface area contributed by atoms with Gasteiger partial charge in [0.1, 0.15) is 4.90 Å². The molecule has 2 aromatic rings. The van der Waals surface area contributed by atoms with Crippen LogP contribution in [0.5, 0.6) is 0 Å². The Morgan fingerprint density at radius 3 is 2.44 bits per heavy atom. The molecule has 1 saturated heterocycles. The van der Waals surface area contributed by atoms with Gasteiger partial charge < -0.3 is 0 Å². The standard InChI is InChI=1S/C18H20BrClN2O2S/c19-16-7-8-18(17(20)11-16)25(23,24)21-12-14-5-1-2-6-15(14)13-22-9-3-4-10-22/h1-2,5-8,11,21H,3-4,9-10,12-13H2. The van der Waals surface area contributed by atoms with E-state index in [0.717, 1.165) is 35.2 Å². The maximum atomic E-state index is 12.6. The van der Waals surface area contributed by atoms with Crippen LogP contribution in [0.4, 0.5) is 0 Å². The van der Waals surface area contributed by atoms with Crippen LogP contribution in [0.2, 0.25) is 5.02 Å². The zero-order valence-electron chi connectivity index (χ0n) is 13.7. The minimum absolute atomic E-state index is 0.0920. The lowest BCUT2D eigenvalue weighted by molar-refractivity contribution is 0.330. The smallest absolute Gasteiger partial charge is 0.242 e. The number of sulfonamides is 1. The van der Waals surface area contributed by atoms with Gasteiger partial charge in [0.05, 0.1) is 5.02 Å². The topological polar surface area (TPSA) is 49.4 Å². The Hall–Kier alpha value is -0.920. The van der Waals surface area contributed by atoms with Crippen molar-refractivity contribution < 1.29 is 8.42 Å². The van der Waals surface area contributed by atoms with Crippen LogP contribution < -0.4 is 4.72 Å². The van der Waals surface area contributed by atoms with E-state index in [1.54, 1.807) is 12.1 Å². The van der Waals surface area contributed by atoms with E-state index in [1.807, 2.05) is 18.2 Å². The van der Waals surface area contributed by atoms with E-state index in [1.165, 1.54) is 18.9 Å². The van der Waals surface area contributed by atoms with E-state index in [4.69, 9.17) is 11.6 Å². The highest BCUT2D eigenvalue weighted by Gasteiger charge is 2.19. The fourth-order valence-corrected chi connectivity index (χ4v) is 5.05. The minimum Gasteiger partial charge on any atom is -0.299 e. The van der Waals surface area contributed by atoms with Crippen LogP contribution in [0, 0.1) is 0 Å². The average Bonchev–Trinajstić information content (AvgIpc) is 3.07. The van der Waals surface area contributed by atoms with Crippen molar-refractivity contribution in [3.63, 3.8) is 0 Å². The Bertz CT molecular complexity index is 852. The molecule has 25 heavy (non-hydrogen) atoms. The van der Waals surface area contributed by atoms with Gasteiger partial charge in [-0.15, -0.1) is 0 Å². The lowest BCUT2D eigenvalue weighted by Crippen LogP contribution is -2.25. The molecule has 0 spiro atoms. The molecule has 0 atom stereocenters. The molecule has 1 fully saturated rings. The number of nitrogens with zero attached hydrogens (tertiary/aromatic N) is 1. The van der Waals surface area contributed by atoms with Gasteiger partial charge >= 0.3 is 0 Å². The van der Waals surface area contributed by atoms with Crippen molar-refractivity contribution in [2.45, 2.75) is 30.8 Å². The van der Waals surface area contributed by atoms with Gasteiger partial charge in [0.15, 0.2) is 0 Å². The molecular formula is C18H20BrClN2O2S. The summed E-state index contributed by atoms with van der Waals surface area (Å²) in [6, 6.07) is 12.7. The zero-order chi connectivity index (χ0) is 17.9. The number of benzene rings is 2. The van der Waals surface area contributed by atoms with E-state index in [2.05, 4.69) is 31.6 Å². The highest BCUT2D eigenvalue weighted by molar-refractivity contribution is 9.10. The average molecular weight is 444 g/mol. The normalized spacial score (nSPS) is 15.6. The van der Waals surface area contributed by atoms with Gasteiger partial charge in [-0.1, -0.05) is 51.8 Å². The Balaban J connectivity index is 1.74. The molecule has 0 bridgehead atoms. The van der Waals surface area contributed by atoms with Crippen LogP contribution in [0.3, 0.4) is 0 Å². The molecule has 0 aromatic heterocycles. The molecule has 1 N–H and O–H groups in total. The summed E-state index contributed by atoms with van der Waals surface area (Å²) in [4.78, 5) is 2.49. The van der Waals surface area contributed by atoms with E-state index in [9.17, 15) is 8.42 Å². The quantitative estimate of drug-likeness (QED) is 0.729. The lowest BCUT2D eigenvalue weighted by atomic mass is 10.1. The van der Waals surface area contributed by atoms with Crippen molar-refractivity contribution >= 4 is 37.6 Å². The zero-order valence-corrected chi connectivity index (χ0v) is 16.9.